The lowest BCUT2D eigenvalue weighted by Crippen LogP contribution is -2.44. The number of nitrogens with zero attached hydrogens (tertiary/aromatic N) is 1. The van der Waals surface area contributed by atoms with Gasteiger partial charge in [-0.2, -0.15) is 11.3 Å². The molecule has 18 heavy (non-hydrogen) atoms. The van der Waals surface area contributed by atoms with E-state index in [9.17, 15) is 4.79 Å². The zero-order chi connectivity index (χ0) is 13.1. The maximum Gasteiger partial charge on any atom is 0.317 e. The summed E-state index contributed by atoms with van der Waals surface area (Å²) in [6.07, 6.45) is 0. The molecule has 0 bridgehead atoms. The molecule has 1 aromatic rings. The van der Waals surface area contributed by atoms with Crippen molar-refractivity contribution >= 4 is 40.3 Å². The average molecular weight is 282 g/mol. The first-order valence-corrected chi connectivity index (χ1v) is 7.03. The third-order valence-electron chi connectivity index (χ3n) is 2.78. The first-order chi connectivity index (χ1) is 8.63. The van der Waals surface area contributed by atoms with Crippen molar-refractivity contribution in [2.75, 3.05) is 6.61 Å². The fourth-order valence-corrected chi connectivity index (χ4v) is 2.95. The van der Waals surface area contributed by atoms with Crippen molar-refractivity contribution in [1.82, 2.24) is 5.32 Å². The molecule has 2 atom stereocenters. The number of esters is 1. The Morgan fingerprint density at radius 1 is 1.67 bits per heavy atom. The highest BCUT2D eigenvalue weighted by molar-refractivity contribution is 7.80. The van der Waals surface area contributed by atoms with Gasteiger partial charge < -0.3 is 10.1 Å². The van der Waals surface area contributed by atoms with Gasteiger partial charge in [0.05, 0.1) is 12.6 Å². The second kappa shape index (κ2) is 5.58. The van der Waals surface area contributed by atoms with E-state index < -0.39 is 5.92 Å². The molecule has 2 rings (SSSR count). The Morgan fingerprint density at radius 2 is 2.44 bits per heavy atom. The SMILES string of the molecule is CCOC(=O)C1C(C)=NC(=S)NC1c1ccsc1. The van der Waals surface area contributed by atoms with Crippen LogP contribution in [0.5, 0.6) is 0 Å². The van der Waals surface area contributed by atoms with Crippen LogP contribution < -0.4 is 5.32 Å². The second-order valence-corrected chi connectivity index (χ2v) is 5.13. The van der Waals surface area contributed by atoms with Crippen molar-refractivity contribution in [3.8, 4) is 0 Å². The van der Waals surface area contributed by atoms with E-state index in [0.29, 0.717) is 17.4 Å². The molecule has 0 saturated heterocycles. The summed E-state index contributed by atoms with van der Waals surface area (Å²) >= 11 is 6.68. The maximum atomic E-state index is 12.0. The van der Waals surface area contributed by atoms with Gasteiger partial charge in [-0.05, 0) is 48.5 Å². The van der Waals surface area contributed by atoms with Crippen LogP contribution in [0, 0.1) is 5.92 Å². The Kier molecular flexibility index (Phi) is 4.08. The molecule has 1 N–H and O–H groups in total. The van der Waals surface area contributed by atoms with Crippen LogP contribution in [0.3, 0.4) is 0 Å². The summed E-state index contributed by atoms with van der Waals surface area (Å²) in [5, 5.41) is 7.49. The van der Waals surface area contributed by atoms with Crippen LogP contribution in [0.25, 0.3) is 0 Å². The summed E-state index contributed by atoms with van der Waals surface area (Å²) < 4.78 is 5.12. The summed E-state index contributed by atoms with van der Waals surface area (Å²) in [4.78, 5) is 16.2. The van der Waals surface area contributed by atoms with Gasteiger partial charge in [0.2, 0.25) is 0 Å². The van der Waals surface area contributed by atoms with Crippen LogP contribution in [0.1, 0.15) is 25.5 Å². The number of rotatable bonds is 3. The van der Waals surface area contributed by atoms with E-state index in [2.05, 4.69) is 10.3 Å². The maximum absolute atomic E-state index is 12.0. The highest BCUT2D eigenvalue weighted by Crippen LogP contribution is 2.29. The summed E-state index contributed by atoms with van der Waals surface area (Å²) in [7, 11) is 0. The minimum absolute atomic E-state index is 0.180. The van der Waals surface area contributed by atoms with Gasteiger partial charge in [0, 0.05) is 5.71 Å². The lowest BCUT2D eigenvalue weighted by molar-refractivity contribution is -0.146. The lowest BCUT2D eigenvalue weighted by Gasteiger charge is -2.30. The van der Waals surface area contributed by atoms with E-state index in [1.54, 1.807) is 18.3 Å². The Bertz CT molecular complexity index is 482. The highest BCUT2D eigenvalue weighted by Gasteiger charge is 2.36. The van der Waals surface area contributed by atoms with Crippen LogP contribution in [-0.4, -0.2) is 23.4 Å². The van der Waals surface area contributed by atoms with Gasteiger partial charge in [-0.15, -0.1) is 0 Å². The van der Waals surface area contributed by atoms with Gasteiger partial charge in [0.15, 0.2) is 5.11 Å². The largest absolute Gasteiger partial charge is 0.465 e. The third-order valence-corrected chi connectivity index (χ3v) is 3.69. The minimum Gasteiger partial charge on any atom is -0.465 e. The molecule has 0 saturated carbocycles. The minimum atomic E-state index is -0.411. The number of ether oxygens (including phenoxy) is 1. The molecule has 1 aliphatic rings. The van der Waals surface area contributed by atoms with Gasteiger partial charge in [-0.3, -0.25) is 4.79 Å². The number of nitrogens with one attached hydrogen (secondary N) is 1. The number of thiocarbonyl (C=S) groups is 1. The standard InChI is InChI=1S/C12H14N2O2S2/c1-3-16-11(15)9-7(2)13-12(17)14-10(9)8-4-5-18-6-8/h4-6,9-10H,3H2,1-2H3,(H,14,17). The number of carbonyl (C=O) groups excluding carboxylic acids is 1. The average Bonchev–Trinajstić information content (AvgIpc) is 2.81. The first kappa shape index (κ1) is 13.2. The van der Waals surface area contributed by atoms with Crippen molar-refractivity contribution in [1.29, 1.82) is 0 Å². The van der Waals surface area contributed by atoms with Crippen molar-refractivity contribution < 1.29 is 9.53 Å². The Balaban J connectivity index is 2.33. The summed E-state index contributed by atoms with van der Waals surface area (Å²) in [5.74, 6) is -0.670. The van der Waals surface area contributed by atoms with Crippen molar-refractivity contribution in [2.24, 2.45) is 10.9 Å². The zero-order valence-corrected chi connectivity index (χ0v) is 11.8. The molecule has 1 aliphatic heterocycles. The monoisotopic (exact) mass is 282 g/mol. The smallest absolute Gasteiger partial charge is 0.317 e. The normalized spacial score (nSPS) is 23.2. The van der Waals surface area contributed by atoms with Crippen LogP contribution in [0.4, 0.5) is 0 Å². The summed E-state index contributed by atoms with van der Waals surface area (Å²) in [6, 6.07) is 1.80. The van der Waals surface area contributed by atoms with Gasteiger partial charge in [-0.1, -0.05) is 0 Å². The molecule has 0 aliphatic carbocycles. The fourth-order valence-electron chi connectivity index (χ4n) is 1.99. The van der Waals surface area contributed by atoms with Crippen LogP contribution in [0.15, 0.2) is 21.8 Å². The number of hydrogen-bond acceptors (Lipinski definition) is 4. The molecule has 96 valence electrons. The Labute approximate surface area is 115 Å². The molecule has 6 heteroatoms. The number of aliphatic imine (C=N–C) groups is 1. The molecule has 0 aromatic carbocycles. The van der Waals surface area contributed by atoms with E-state index in [1.807, 2.05) is 23.8 Å². The molecule has 2 unspecified atom stereocenters. The van der Waals surface area contributed by atoms with Gasteiger partial charge in [0.1, 0.15) is 5.92 Å². The topological polar surface area (TPSA) is 50.7 Å². The number of thiophene rings is 1. The quantitative estimate of drug-likeness (QED) is 0.683. The van der Waals surface area contributed by atoms with Gasteiger partial charge in [-0.25, -0.2) is 4.99 Å². The first-order valence-electron chi connectivity index (χ1n) is 5.68. The van der Waals surface area contributed by atoms with Crippen molar-refractivity contribution in [3.63, 3.8) is 0 Å². The molecule has 0 radical (unpaired) electrons. The van der Waals surface area contributed by atoms with Crippen molar-refractivity contribution in [3.05, 3.63) is 22.4 Å². The second-order valence-electron chi connectivity index (χ2n) is 3.97. The number of hydrogen-bond donors (Lipinski definition) is 1. The van der Waals surface area contributed by atoms with Crippen LogP contribution in [0.2, 0.25) is 0 Å². The number of carbonyl (C=O) groups is 1. The van der Waals surface area contributed by atoms with E-state index in [4.69, 9.17) is 17.0 Å². The lowest BCUT2D eigenvalue weighted by atomic mass is 9.90. The molecule has 1 aromatic heterocycles. The predicted molar refractivity (Wildman–Crippen MR) is 76.0 cm³/mol. The summed E-state index contributed by atoms with van der Waals surface area (Å²) in [6.45, 7) is 3.97. The molecule has 0 amide bonds. The Hall–Kier alpha value is -1.27. The van der Waals surface area contributed by atoms with Crippen LogP contribution >= 0.6 is 23.6 Å². The predicted octanol–water partition coefficient (Wildman–Crippen LogP) is 2.32. The van der Waals surface area contributed by atoms with E-state index in [1.165, 1.54) is 0 Å². The molecular formula is C12H14N2O2S2. The van der Waals surface area contributed by atoms with Gasteiger partial charge in [0.25, 0.3) is 0 Å². The third kappa shape index (κ3) is 2.59. The zero-order valence-electron chi connectivity index (χ0n) is 10.2. The van der Waals surface area contributed by atoms with E-state index in [0.717, 1.165) is 5.56 Å². The van der Waals surface area contributed by atoms with E-state index >= 15 is 0 Å². The van der Waals surface area contributed by atoms with Gasteiger partial charge >= 0.3 is 5.97 Å². The van der Waals surface area contributed by atoms with E-state index in [-0.39, 0.29) is 12.0 Å². The molecule has 0 spiro atoms. The molecular weight excluding hydrogens is 268 g/mol. The Morgan fingerprint density at radius 3 is 3.06 bits per heavy atom. The highest BCUT2D eigenvalue weighted by atomic mass is 32.1. The molecule has 2 heterocycles. The van der Waals surface area contributed by atoms with Crippen molar-refractivity contribution in [2.45, 2.75) is 19.9 Å². The fraction of sp³-hybridized carbons (Fsp3) is 0.417. The molecule has 0 fully saturated rings. The molecule has 4 nitrogen and oxygen atoms in total. The van der Waals surface area contributed by atoms with Crippen LogP contribution in [-0.2, 0) is 9.53 Å². The summed E-state index contributed by atoms with van der Waals surface area (Å²) in [5.41, 5.74) is 1.74.